The van der Waals surface area contributed by atoms with Gasteiger partial charge in [0.2, 0.25) is 0 Å². The van der Waals surface area contributed by atoms with E-state index in [1.807, 2.05) is 12.4 Å². The summed E-state index contributed by atoms with van der Waals surface area (Å²) >= 11 is 0. The smallest absolute Gasteiger partial charge is 0.127 e. The summed E-state index contributed by atoms with van der Waals surface area (Å²) in [6.45, 7) is 4.22. The van der Waals surface area contributed by atoms with E-state index in [4.69, 9.17) is 0 Å². The van der Waals surface area contributed by atoms with Crippen LogP contribution in [-0.2, 0) is 12.8 Å². The largest absolute Gasteiger partial charge is 0.241 e. The second kappa shape index (κ2) is 4.88. The molecule has 0 radical (unpaired) electrons. The van der Waals surface area contributed by atoms with Crippen molar-refractivity contribution in [2.24, 2.45) is 0 Å². The minimum absolute atomic E-state index is 0.884. The number of hydrogen-bond acceptors (Lipinski definition) is 2. The zero-order valence-corrected chi connectivity index (χ0v) is 9.77. The van der Waals surface area contributed by atoms with Gasteiger partial charge in [-0.05, 0) is 17.5 Å². The molecule has 82 valence electrons. The van der Waals surface area contributed by atoms with Gasteiger partial charge in [0, 0.05) is 24.4 Å². The van der Waals surface area contributed by atoms with Crippen molar-refractivity contribution < 1.29 is 0 Å². The highest BCUT2D eigenvalue weighted by atomic mass is 14.9. The van der Waals surface area contributed by atoms with Crippen molar-refractivity contribution in [2.45, 2.75) is 26.7 Å². The molecule has 0 aliphatic rings. The second-order valence-corrected chi connectivity index (χ2v) is 3.79. The fourth-order valence-electron chi connectivity index (χ4n) is 1.62. The fourth-order valence-corrected chi connectivity index (χ4v) is 1.62. The van der Waals surface area contributed by atoms with Crippen LogP contribution in [0.3, 0.4) is 0 Å². The maximum absolute atomic E-state index is 4.31. The summed E-state index contributed by atoms with van der Waals surface area (Å²) in [6.07, 6.45) is 5.75. The Morgan fingerprint density at radius 2 is 1.44 bits per heavy atom. The predicted octanol–water partition coefficient (Wildman–Crippen LogP) is 3.27. The van der Waals surface area contributed by atoms with Crippen LogP contribution in [0.15, 0.2) is 36.7 Å². The van der Waals surface area contributed by atoms with E-state index in [1.54, 1.807) is 0 Å². The lowest BCUT2D eigenvalue weighted by Crippen LogP contribution is -1.92. The number of nitrogens with zero attached hydrogens (tertiary/aromatic N) is 2. The maximum Gasteiger partial charge on any atom is 0.127 e. The van der Waals surface area contributed by atoms with Gasteiger partial charge >= 0.3 is 0 Å². The topological polar surface area (TPSA) is 25.8 Å². The molecule has 0 saturated heterocycles. The Bertz CT molecular complexity index is 398. The molecule has 2 heteroatoms. The van der Waals surface area contributed by atoms with Crippen LogP contribution in [0, 0.1) is 0 Å². The first kappa shape index (κ1) is 10.8. The molecule has 2 aromatic rings. The Kier molecular flexibility index (Phi) is 3.30. The van der Waals surface area contributed by atoms with Crippen molar-refractivity contribution in [2.75, 3.05) is 0 Å². The summed E-state index contributed by atoms with van der Waals surface area (Å²) in [5.41, 5.74) is 3.62. The van der Waals surface area contributed by atoms with Crippen LogP contribution in [-0.4, -0.2) is 9.97 Å². The van der Waals surface area contributed by atoms with Gasteiger partial charge in [-0.3, -0.25) is 0 Å². The van der Waals surface area contributed by atoms with Gasteiger partial charge in [-0.25, -0.2) is 9.97 Å². The van der Waals surface area contributed by atoms with Crippen molar-refractivity contribution >= 4 is 0 Å². The van der Waals surface area contributed by atoms with Crippen molar-refractivity contribution in [3.8, 4) is 11.1 Å². The molecule has 0 bridgehead atoms. The van der Waals surface area contributed by atoms with E-state index in [0.717, 1.165) is 24.2 Å². The monoisotopic (exact) mass is 212 g/mol. The Morgan fingerprint density at radius 3 is 1.94 bits per heavy atom. The van der Waals surface area contributed by atoms with E-state index in [0.29, 0.717) is 0 Å². The van der Waals surface area contributed by atoms with Crippen LogP contribution in [0.1, 0.15) is 25.2 Å². The highest BCUT2D eigenvalue weighted by Gasteiger charge is 1.99. The molecular formula is C14H16N2. The lowest BCUT2D eigenvalue weighted by Gasteiger charge is -2.03. The summed E-state index contributed by atoms with van der Waals surface area (Å²) in [5, 5.41) is 0. The normalized spacial score (nSPS) is 10.4. The fraction of sp³-hybridized carbons (Fsp3) is 0.286. The minimum Gasteiger partial charge on any atom is -0.241 e. The van der Waals surface area contributed by atoms with Gasteiger partial charge < -0.3 is 0 Å². The van der Waals surface area contributed by atoms with Crippen molar-refractivity contribution in [1.29, 1.82) is 0 Å². The maximum atomic E-state index is 4.31. The molecule has 0 saturated carbocycles. The average molecular weight is 212 g/mol. The van der Waals surface area contributed by atoms with Gasteiger partial charge in [-0.2, -0.15) is 0 Å². The Labute approximate surface area is 96.4 Å². The molecule has 0 atom stereocenters. The summed E-state index contributed by atoms with van der Waals surface area (Å²) in [5.74, 6) is 0.897. The molecular weight excluding hydrogens is 196 g/mol. The standard InChI is InChI=1S/C14H16N2/c1-3-11-5-7-12(8-6-11)13-9-15-14(4-2)16-10-13/h5-10H,3-4H2,1-2H3. The molecule has 1 aromatic carbocycles. The van der Waals surface area contributed by atoms with E-state index >= 15 is 0 Å². The Morgan fingerprint density at radius 1 is 0.812 bits per heavy atom. The lowest BCUT2D eigenvalue weighted by atomic mass is 10.1. The third-order valence-electron chi connectivity index (χ3n) is 2.72. The SMILES string of the molecule is CCc1ccc(-c2cnc(CC)nc2)cc1. The molecule has 0 fully saturated rings. The van der Waals surface area contributed by atoms with Crippen LogP contribution >= 0.6 is 0 Å². The van der Waals surface area contributed by atoms with Crippen LogP contribution < -0.4 is 0 Å². The van der Waals surface area contributed by atoms with Gasteiger partial charge in [-0.1, -0.05) is 38.1 Å². The van der Waals surface area contributed by atoms with Gasteiger partial charge in [-0.15, -0.1) is 0 Å². The average Bonchev–Trinajstić information content (AvgIpc) is 2.39. The highest BCUT2D eigenvalue weighted by molar-refractivity contribution is 5.61. The summed E-state index contributed by atoms with van der Waals surface area (Å²) in [4.78, 5) is 8.61. The molecule has 1 heterocycles. The molecule has 16 heavy (non-hydrogen) atoms. The minimum atomic E-state index is 0.884. The number of aromatic nitrogens is 2. The van der Waals surface area contributed by atoms with E-state index in [9.17, 15) is 0 Å². The van der Waals surface area contributed by atoms with Crippen LogP contribution in [0.25, 0.3) is 11.1 Å². The first-order valence-electron chi connectivity index (χ1n) is 5.73. The number of aryl methyl sites for hydroxylation is 2. The van der Waals surface area contributed by atoms with Crippen molar-refractivity contribution in [3.05, 3.63) is 48.0 Å². The van der Waals surface area contributed by atoms with Crippen molar-refractivity contribution in [1.82, 2.24) is 9.97 Å². The molecule has 1 aromatic heterocycles. The second-order valence-electron chi connectivity index (χ2n) is 3.79. The van der Waals surface area contributed by atoms with Crippen LogP contribution in [0.5, 0.6) is 0 Å². The Hall–Kier alpha value is -1.70. The van der Waals surface area contributed by atoms with E-state index in [2.05, 4.69) is 48.1 Å². The zero-order valence-electron chi connectivity index (χ0n) is 9.77. The first-order chi connectivity index (χ1) is 7.83. The van der Waals surface area contributed by atoms with Gasteiger partial charge in [0.05, 0.1) is 0 Å². The molecule has 0 amide bonds. The molecule has 0 aliphatic carbocycles. The first-order valence-corrected chi connectivity index (χ1v) is 5.73. The summed E-state index contributed by atoms with van der Waals surface area (Å²) in [6, 6.07) is 8.57. The molecule has 0 aliphatic heterocycles. The van der Waals surface area contributed by atoms with E-state index in [-0.39, 0.29) is 0 Å². The van der Waals surface area contributed by atoms with Gasteiger partial charge in [0.15, 0.2) is 0 Å². The van der Waals surface area contributed by atoms with Gasteiger partial charge in [0.25, 0.3) is 0 Å². The van der Waals surface area contributed by atoms with Crippen molar-refractivity contribution in [3.63, 3.8) is 0 Å². The number of rotatable bonds is 3. The van der Waals surface area contributed by atoms with Gasteiger partial charge in [0.1, 0.15) is 5.82 Å². The van der Waals surface area contributed by atoms with Crippen LogP contribution in [0.4, 0.5) is 0 Å². The number of hydrogen-bond donors (Lipinski definition) is 0. The lowest BCUT2D eigenvalue weighted by molar-refractivity contribution is 0.941. The molecule has 2 rings (SSSR count). The Balaban J connectivity index is 2.28. The predicted molar refractivity (Wildman–Crippen MR) is 66.2 cm³/mol. The molecule has 2 nitrogen and oxygen atoms in total. The quantitative estimate of drug-likeness (QED) is 0.780. The summed E-state index contributed by atoms with van der Waals surface area (Å²) < 4.78 is 0. The highest BCUT2D eigenvalue weighted by Crippen LogP contribution is 2.18. The van der Waals surface area contributed by atoms with E-state index in [1.165, 1.54) is 11.1 Å². The number of benzene rings is 1. The van der Waals surface area contributed by atoms with E-state index < -0.39 is 0 Å². The third-order valence-corrected chi connectivity index (χ3v) is 2.72. The molecule has 0 unspecified atom stereocenters. The van der Waals surface area contributed by atoms with Crippen LogP contribution in [0.2, 0.25) is 0 Å². The molecule has 0 spiro atoms. The zero-order chi connectivity index (χ0) is 11.4. The third kappa shape index (κ3) is 2.27. The summed E-state index contributed by atoms with van der Waals surface area (Å²) in [7, 11) is 0. The molecule has 0 N–H and O–H groups in total.